The molecule has 0 saturated carbocycles. The van der Waals surface area contributed by atoms with Gasteiger partial charge in [0.25, 0.3) is 0 Å². The van der Waals surface area contributed by atoms with E-state index in [9.17, 15) is 9.59 Å². The van der Waals surface area contributed by atoms with Crippen LogP contribution in [0.2, 0.25) is 10.0 Å². The Kier molecular flexibility index (Phi) is 4.80. The van der Waals surface area contributed by atoms with Gasteiger partial charge in [0.1, 0.15) is 5.70 Å². The lowest BCUT2D eigenvalue weighted by Gasteiger charge is -2.07. The van der Waals surface area contributed by atoms with Crippen molar-refractivity contribution in [2.45, 2.75) is 13.8 Å². The number of nitrogens with zero attached hydrogens (tertiary/aromatic N) is 1. The predicted octanol–water partition coefficient (Wildman–Crippen LogP) is 3.56. The summed E-state index contributed by atoms with van der Waals surface area (Å²) in [7, 11) is 0. The molecule has 0 amide bonds. The molecular formula is C15H13Cl2NO3. The van der Waals surface area contributed by atoms with Gasteiger partial charge in [-0.3, -0.25) is 14.6 Å². The third-order valence-corrected chi connectivity index (χ3v) is 3.69. The molecule has 0 radical (unpaired) electrons. The average molecular weight is 326 g/mol. The highest BCUT2D eigenvalue weighted by molar-refractivity contribution is 6.37. The van der Waals surface area contributed by atoms with Gasteiger partial charge in [0.15, 0.2) is 5.92 Å². The summed E-state index contributed by atoms with van der Waals surface area (Å²) in [4.78, 5) is 28.2. The highest BCUT2D eigenvalue weighted by Gasteiger charge is 2.38. The molecule has 0 bridgehead atoms. The third-order valence-electron chi connectivity index (χ3n) is 3.03. The van der Waals surface area contributed by atoms with Crippen molar-refractivity contribution >= 4 is 46.7 Å². The normalized spacial score (nSPS) is 19.8. The standard InChI is InChI=1S/C15H13Cl2NO3/c1-3-21-15(20)13-8(2)18-12(14(13)19)7-9-10(16)5-4-6-11(9)17/h4-7,13H,3H2,1-2H3/b12-7-. The molecule has 21 heavy (non-hydrogen) atoms. The van der Waals surface area contributed by atoms with E-state index in [0.717, 1.165) is 0 Å². The SMILES string of the molecule is CCOC(=O)C1C(=O)/C(=C/c2c(Cl)cccc2Cl)N=C1C. The first-order valence-electron chi connectivity index (χ1n) is 6.37. The van der Waals surface area contributed by atoms with Gasteiger partial charge in [-0.1, -0.05) is 29.3 Å². The van der Waals surface area contributed by atoms with Gasteiger partial charge in [0.2, 0.25) is 5.78 Å². The molecule has 1 aromatic rings. The summed E-state index contributed by atoms with van der Waals surface area (Å²) in [6.07, 6.45) is 1.50. The van der Waals surface area contributed by atoms with Crippen molar-refractivity contribution in [3.8, 4) is 0 Å². The van der Waals surface area contributed by atoms with Crippen LogP contribution in [0.5, 0.6) is 0 Å². The van der Waals surface area contributed by atoms with Crippen LogP contribution < -0.4 is 0 Å². The second-order valence-electron chi connectivity index (χ2n) is 4.47. The van der Waals surface area contributed by atoms with Crippen LogP contribution in [-0.4, -0.2) is 24.1 Å². The molecule has 0 spiro atoms. The van der Waals surface area contributed by atoms with E-state index in [2.05, 4.69) is 4.99 Å². The number of aliphatic imine (C=N–C) groups is 1. The number of rotatable bonds is 3. The van der Waals surface area contributed by atoms with E-state index in [-0.39, 0.29) is 12.3 Å². The van der Waals surface area contributed by atoms with Gasteiger partial charge in [-0.15, -0.1) is 0 Å². The Morgan fingerprint density at radius 1 is 1.38 bits per heavy atom. The van der Waals surface area contributed by atoms with Crippen molar-refractivity contribution < 1.29 is 14.3 Å². The van der Waals surface area contributed by atoms with E-state index >= 15 is 0 Å². The van der Waals surface area contributed by atoms with Gasteiger partial charge in [-0.2, -0.15) is 0 Å². The minimum absolute atomic E-state index is 0.153. The zero-order valence-corrected chi connectivity index (χ0v) is 13.0. The van der Waals surface area contributed by atoms with Crippen LogP contribution in [0.15, 0.2) is 28.9 Å². The fourth-order valence-corrected chi connectivity index (χ4v) is 2.55. The summed E-state index contributed by atoms with van der Waals surface area (Å²) in [6, 6.07) is 5.04. The summed E-state index contributed by atoms with van der Waals surface area (Å²) in [6.45, 7) is 3.52. The molecule has 2 rings (SSSR count). The Labute approximate surface area is 132 Å². The highest BCUT2D eigenvalue weighted by Crippen LogP contribution is 2.30. The Hall–Kier alpha value is -1.65. The number of ketones is 1. The average Bonchev–Trinajstić information content (AvgIpc) is 2.69. The molecule has 1 aliphatic heterocycles. The number of hydrogen-bond donors (Lipinski definition) is 0. The predicted molar refractivity (Wildman–Crippen MR) is 82.7 cm³/mol. The molecule has 6 heteroatoms. The Morgan fingerprint density at radius 2 is 2.00 bits per heavy atom. The van der Waals surface area contributed by atoms with E-state index in [1.807, 2.05) is 0 Å². The second-order valence-corrected chi connectivity index (χ2v) is 5.28. The molecule has 0 aromatic heterocycles. The summed E-state index contributed by atoms with van der Waals surface area (Å²) < 4.78 is 4.89. The van der Waals surface area contributed by atoms with E-state index in [0.29, 0.717) is 21.3 Å². The first kappa shape index (κ1) is 15.7. The maximum atomic E-state index is 12.3. The van der Waals surface area contributed by atoms with E-state index in [1.165, 1.54) is 6.08 Å². The maximum Gasteiger partial charge on any atom is 0.322 e. The van der Waals surface area contributed by atoms with Gasteiger partial charge in [-0.05, 0) is 32.1 Å². The number of Topliss-reactive ketones (excluding diaryl/α,β-unsaturated/α-hetero) is 1. The smallest absolute Gasteiger partial charge is 0.322 e. The van der Waals surface area contributed by atoms with Crippen molar-refractivity contribution in [2.24, 2.45) is 10.9 Å². The molecule has 0 aliphatic carbocycles. The van der Waals surface area contributed by atoms with Crippen LogP contribution in [0.1, 0.15) is 19.4 Å². The van der Waals surface area contributed by atoms with Crippen molar-refractivity contribution in [1.82, 2.24) is 0 Å². The molecule has 1 aliphatic rings. The number of benzene rings is 1. The lowest BCUT2D eigenvalue weighted by Crippen LogP contribution is -2.28. The number of ether oxygens (including phenoxy) is 1. The van der Waals surface area contributed by atoms with Crippen molar-refractivity contribution in [2.75, 3.05) is 6.61 Å². The van der Waals surface area contributed by atoms with Crippen molar-refractivity contribution in [3.05, 3.63) is 39.5 Å². The number of allylic oxidation sites excluding steroid dienone is 1. The fraction of sp³-hybridized carbons (Fsp3) is 0.267. The largest absolute Gasteiger partial charge is 0.465 e. The number of hydrogen-bond acceptors (Lipinski definition) is 4. The minimum Gasteiger partial charge on any atom is -0.465 e. The van der Waals surface area contributed by atoms with Gasteiger partial charge < -0.3 is 4.74 Å². The topological polar surface area (TPSA) is 55.7 Å². The number of carbonyl (C=O) groups is 2. The monoisotopic (exact) mass is 325 g/mol. The molecule has 110 valence electrons. The van der Waals surface area contributed by atoms with Crippen LogP contribution in [0.4, 0.5) is 0 Å². The molecule has 1 aromatic carbocycles. The van der Waals surface area contributed by atoms with Crippen molar-refractivity contribution in [1.29, 1.82) is 0 Å². The lowest BCUT2D eigenvalue weighted by atomic mass is 10.0. The Morgan fingerprint density at radius 3 is 2.57 bits per heavy atom. The molecule has 4 nitrogen and oxygen atoms in total. The zero-order chi connectivity index (χ0) is 15.6. The van der Waals surface area contributed by atoms with Crippen LogP contribution in [0.3, 0.4) is 0 Å². The van der Waals surface area contributed by atoms with Gasteiger partial charge in [-0.25, -0.2) is 0 Å². The number of esters is 1. The van der Waals surface area contributed by atoms with Gasteiger partial charge in [0, 0.05) is 21.3 Å². The van der Waals surface area contributed by atoms with Crippen LogP contribution in [-0.2, 0) is 14.3 Å². The van der Waals surface area contributed by atoms with Crippen molar-refractivity contribution in [3.63, 3.8) is 0 Å². The van der Waals surface area contributed by atoms with Gasteiger partial charge in [0.05, 0.1) is 6.61 Å². The summed E-state index contributed by atoms with van der Waals surface area (Å²) in [5, 5.41) is 0.825. The fourth-order valence-electron chi connectivity index (χ4n) is 2.04. The zero-order valence-electron chi connectivity index (χ0n) is 11.5. The lowest BCUT2D eigenvalue weighted by molar-refractivity contribution is -0.147. The highest BCUT2D eigenvalue weighted by atomic mass is 35.5. The summed E-state index contributed by atoms with van der Waals surface area (Å²) in [5.41, 5.74) is 1.07. The molecular weight excluding hydrogens is 313 g/mol. The van der Waals surface area contributed by atoms with Gasteiger partial charge >= 0.3 is 5.97 Å². The second kappa shape index (κ2) is 6.41. The molecule has 1 unspecified atom stereocenters. The third kappa shape index (κ3) is 3.17. The first-order chi connectivity index (χ1) is 9.95. The van der Waals surface area contributed by atoms with E-state index in [4.69, 9.17) is 27.9 Å². The van der Waals surface area contributed by atoms with E-state index in [1.54, 1.807) is 32.0 Å². The van der Waals surface area contributed by atoms with Crippen LogP contribution in [0, 0.1) is 5.92 Å². The van der Waals surface area contributed by atoms with Crippen LogP contribution >= 0.6 is 23.2 Å². The maximum absolute atomic E-state index is 12.3. The molecule has 1 atom stereocenters. The summed E-state index contributed by atoms with van der Waals surface area (Å²) >= 11 is 12.1. The molecule has 0 N–H and O–H groups in total. The number of carbonyl (C=O) groups excluding carboxylic acids is 2. The summed E-state index contributed by atoms with van der Waals surface area (Å²) in [5.74, 6) is -1.96. The Balaban J connectivity index is 2.37. The quantitative estimate of drug-likeness (QED) is 0.485. The van der Waals surface area contributed by atoms with Crippen LogP contribution in [0.25, 0.3) is 6.08 Å². The molecule has 0 saturated heterocycles. The van der Waals surface area contributed by atoms with E-state index < -0.39 is 17.7 Å². The molecule has 1 heterocycles. The first-order valence-corrected chi connectivity index (χ1v) is 7.13. The molecule has 0 fully saturated rings. The minimum atomic E-state index is -0.975. The Bertz CT molecular complexity index is 645. The number of halogens is 2.